The summed E-state index contributed by atoms with van der Waals surface area (Å²) in [5, 5.41) is 9.78. The number of nitrogens with zero attached hydrogens (tertiary/aromatic N) is 3. The second kappa shape index (κ2) is 10.2. The first-order chi connectivity index (χ1) is 18.1. The number of sulfonamides is 1. The smallest absolute Gasteiger partial charge is 0.277 e. The molecule has 39 heavy (non-hydrogen) atoms. The molecule has 13 heteroatoms. The zero-order chi connectivity index (χ0) is 28.9. The first-order valence-corrected chi connectivity index (χ1v) is 13.9. The summed E-state index contributed by atoms with van der Waals surface area (Å²) >= 11 is 6.30. The van der Waals surface area contributed by atoms with Crippen molar-refractivity contribution in [3.8, 4) is 11.4 Å². The Morgan fingerprint density at radius 1 is 1.13 bits per heavy atom. The van der Waals surface area contributed by atoms with E-state index in [-0.39, 0.29) is 47.4 Å². The number of ether oxygens (including phenoxy) is 1. The Morgan fingerprint density at radius 2 is 1.82 bits per heavy atom. The van der Waals surface area contributed by atoms with Crippen molar-refractivity contribution in [3.63, 3.8) is 0 Å². The number of fused-ring (bicyclic) bond motifs is 1. The standard InChI is InChI=1S/C26H26ClF2N3O6S/c1-15-9-22(38-13-16-5-6-17(28)10-19(16)29)24(27)25(34)32(15)18-7-8-20-21(11-18)31(39(4,36)37)14-30(20)23(33)12-26(2,3)35/h5-11,35H,12-14H2,1-4H3. The molecule has 208 valence electrons. The van der Waals surface area contributed by atoms with Crippen LogP contribution in [0.3, 0.4) is 0 Å². The van der Waals surface area contributed by atoms with Gasteiger partial charge in [-0.25, -0.2) is 21.5 Å². The monoisotopic (exact) mass is 581 g/mol. The number of aryl methyl sites for hydroxylation is 1. The molecule has 0 saturated carbocycles. The Balaban J connectivity index is 1.71. The summed E-state index contributed by atoms with van der Waals surface area (Å²) < 4.78 is 60.1. The van der Waals surface area contributed by atoms with E-state index in [1.54, 1.807) is 6.92 Å². The lowest BCUT2D eigenvalue weighted by atomic mass is 10.0. The maximum Gasteiger partial charge on any atom is 0.277 e. The Kier molecular flexibility index (Phi) is 7.50. The molecule has 0 aliphatic carbocycles. The maximum atomic E-state index is 14.0. The van der Waals surface area contributed by atoms with Gasteiger partial charge in [-0.1, -0.05) is 11.6 Å². The van der Waals surface area contributed by atoms with E-state index in [1.165, 1.54) is 53.6 Å². The van der Waals surface area contributed by atoms with Gasteiger partial charge in [0.2, 0.25) is 15.9 Å². The second-order valence-electron chi connectivity index (χ2n) is 9.87. The third-order valence-corrected chi connectivity index (χ3v) is 7.49. The number of anilines is 2. The van der Waals surface area contributed by atoms with Gasteiger partial charge in [-0.2, -0.15) is 0 Å². The number of pyridine rings is 1. The third-order valence-electron chi connectivity index (χ3n) is 6.03. The molecule has 2 heterocycles. The highest BCUT2D eigenvalue weighted by atomic mass is 35.5. The molecule has 0 radical (unpaired) electrons. The number of benzene rings is 2. The Labute approximate surface area is 228 Å². The highest BCUT2D eigenvalue weighted by Gasteiger charge is 2.36. The van der Waals surface area contributed by atoms with E-state index in [0.717, 1.165) is 22.7 Å². The number of hydrogen-bond acceptors (Lipinski definition) is 6. The molecule has 0 bridgehead atoms. The van der Waals surface area contributed by atoms with E-state index in [4.69, 9.17) is 16.3 Å². The van der Waals surface area contributed by atoms with Crippen molar-refractivity contribution in [2.75, 3.05) is 22.1 Å². The van der Waals surface area contributed by atoms with Crippen molar-refractivity contribution in [2.24, 2.45) is 0 Å². The van der Waals surface area contributed by atoms with Gasteiger partial charge in [0, 0.05) is 23.4 Å². The van der Waals surface area contributed by atoms with Crippen molar-refractivity contribution >= 4 is 38.9 Å². The molecule has 3 aromatic rings. The number of aromatic nitrogens is 1. The molecule has 0 fully saturated rings. The SMILES string of the molecule is Cc1cc(OCc2ccc(F)cc2F)c(Cl)c(=O)n1-c1ccc2c(c1)N(S(C)(=O)=O)CN2C(=O)CC(C)(C)O. The van der Waals surface area contributed by atoms with Crippen LogP contribution in [0.4, 0.5) is 20.2 Å². The van der Waals surface area contributed by atoms with Gasteiger partial charge in [-0.05, 0) is 51.1 Å². The summed E-state index contributed by atoms with van der Waals surface area (Å²) in [6, 6.07) is 8.99. The number of amides is 1. The lowest BCUT2D eigenvalue weighted by Crippen LogP contribution is -2.40. The maximum absolute atomic E-state index is 14.0. The van der Waals surface area contributed by atoms with Crippen molar-refractivity contribution in [1.82, 2.24) is 4.57 Å². The summed E-state index contributed by atoms with van der Waals surface area (Å²) in [6.07, 6.45) is 0.765. The second-order valence-corrected chi connectivity index (χ2v) is 12.2. The van der Waals surface area contributed by atoms with Gasteiger partial charge in [0.05, 0.1) is 35.3 Å². The topological polar surface area (TPSA) is 109 Å². The number of hydrogen-bond donors (Lipinski definition) is 1. The van der Waals surface area contributed by atoms with Crippen molar-refractivity contribution in [1.29, 1.82) is 0 Å². The van der Waals surface area contributed by atoms with Crippen LogP contribution in [-0.4, -0.2) is 42.5 Å². The quantitative estimate of drug-likeness (QED) is 0.453. The van der Waals surface area contributed by atoms with E-state index >= 15 is 0 Å². The van der Waals surface area contributed by atoms with Crippen LogP contribution in [0.15, 0.2) is 47.3 Å². The summed E-state index contributed by atoms with van der Waals surface area (Å²) in [7, 11) is -3.81. The summed E-state index contributed by atoms with van der Waals surface area (Å²) in [6.45, 7) is 3.96. The molecule has 1 aromatic heterocycles. The molecule has 0 spiro atoms. The predicted octanol–water partition coefficient (Wildman–Crippen LogP) is 3.89. The molecular weight excluding hydrogens is 556 g/mol. The zero-order valence-corrected chi connectivity index (χ0v) is 23.1. The number of carbonyl (C=O) groups excluding carboxylic acids is 1. The highest BCUT2D eigenvalue weighted by Crippen LogP contribution is 2.40. The van der Waals surface area contributed by atoms with Gasteiger partial charge in [0.1, 0.15) is 35.7 Å². The van der Waals surface area contributed by atoms with E-state index in [2.05, 4.69) is 0 Å². The number of rotatable bonds is 7. The molecule has 1 aliphatic heterocycles. The van der Waals surface area contributed by atoms with Gasteiger partial charge in [-0.3, -0.25) is 19.1 Å². The lowest BCUT2D eigenvalue weighted by Gasteiger charge is -2.22. The predicted molar refractivity (Wildman–Crippen MR) is 143 cm³/mol. The molecule has 0 atom stereocenters. The van der Waals surface area contributed by atoms with Crippen LogP contribution in [-0.2, 0) is 21.4 Å². The van der Waals surface area contributed by atoms with Crippen LogP contribution in [0.2, 0.25) is 5.02 Å². The molecule has 1 amide bonds. The first-order valence-electron chi connectivity index (χ1n) is 11.7. The Morgan fingerprint density at radius 3 is 2.44 bits per heavy atom. The van der Waals surface area contributed by atoms with Crippen molar-refractivity contribution in [2.45, 2.75) is 39.4 Å². The molecule has 0 unspecified atom stereocenters. The fourth-order valence-corrected chi connectivity index (χ4v) is 5.25. The van der Waals surface area contributed by atoms with Crippen LogP contribution in [0.1, 0.15) is 31.5 Å². The summed E-state index contributed by atoms with van der Waals surface area (Å²) in [4.78, 5) is 27.4. The van der Waals surface area contributed by atoms with Gasteiger partial charge in [-0.15, -0.1) is 0 Å². The van der Waals surface area contributed by atoms with E-state index in [9.17, 15) is 31.9 Å². The average molecular weight is 582 g/mol. The Hall–Kier alpha value is -3.48. The molecule has 2 aromatic carbocycles. The normalized spacial score (nSPS) is 13.5. The van der Waals surface area contributed by atoms with Crippen LogP contribution >= 0.6 is 11.6 Å². The van der Waals surface area contributed by atoms with E-state index in [0.29, 0.717) is 11.4 Å². The molecule has 1 N–H and O–H groups in total. The summed E-state index contributed by atoms with van der Waals surface area (Å²) in [5.41, 5.74) is -0.784. The van der Waals surface area contributed by atoms with Crippen molar-refractivity contribution < 1.29 is 31.8 Å². The number of carbonyl (C=O) groups is 1. The lowest BCUT2D eigenvalue weighted by molar-refractivity contribution is -0.122. The minimum atomic E-state index is -3.81. The van der Waals surface area contributed by atoms with Gasteiger partial charge in [0.15, 0.2) is 0 Å². The van der Waals surface area contributed by atoms with Crippen LogP contribution in [0, 0.1) is 18.6 Å². The fraction of sp³-hybridized carbons (Fsp3) is 0.308. The molecule has 9 nitrogen and oxygen atoms in total. The van der Waals surface area contributed by atoms with Gasteiger partial charge in [0.25, 0.3) is 5.56 Å². The number of aliphatic hydroxyl groups is 1. The minimum absolute atomic E-state index is 0.0125. The highest BCUT2D eigenvalue weighted by molar-refractivity contribution is 7.92. The van der Waals surface area contributed by atoms with E-state index < -0.39 is 38.7 Å². The summed E-state index contributed by atoms with van der Waals surface area (Å²) in [5.74, 6) is -2.03. The van der Waals surface area contributed by atoms with Crippen LogP contribution < -0.4 is 19.5 Å². The third kappa shape index (κ3) is 5.92. The van der Waals surface area contributed by atoms with Gasteiger partial charge < -0.3 is 9.84 Å². The molecule has 1 aliphatic rings. The zero-order valence-electron chi connectivity index (χ0n) is 21.5. The molecule has 4 rings (SSSR count). The minimum Gasteiger partial charge on any atom is -0.487 e. The fourth-order valence-electron chi connectivity index (χ4n) is 4.22. The van der Waals surface area contributed by atoms with Crippen molar-refractivity contribution in [3.05, 3.63) is 80.7 Å². The van der Waals surface area contributed by atoms with Crippen LogP contribution in [0.5, 0.6) is 5.75 Å². The number of halogens is 3. The average Bonchev–Trinajstić information content (AvgIpc) is 3.20. The largest absolute Gasteiger partial charge is 0.487 e. The first kappa shape index (κ1) is 28.5. The van der Waals surface area contributed by atoms with E-state index in [1.807, 2.05) is 0 Å². The van der Waals surface area contributed by atoms with Crippen LogP contribution in [0.25, 0.3) is 5.69 Å². The van der Waals surface area contributed by atoms with Gasteiger partial charge >= 0.3 is 0 Å². The Bertz CT molecular complexity index is 1640. The molecule has 0 saturated heterocycles. The molecular formula is C26H26ClF2N3O6S.